The Morgan fingerprint density at radius 1 is 1.12 bits per heavy atom. The number of carbonyl (C=O) groups is 3. The van der Waals surface area contributed by atoms with Gasteiger partial charge in [-0.2, -0.15) is 8.78 Å². The Morgan fingerprint density at radius 3 is 2.47 bits per heavy atom. The van der Waals surface area contributed by atoms with Gasteiger partial charge in [0.05, 0.1) is 6.26 Å². The number of ketones is 1. The van der Waals surface area contributed by atoms with Gasteiger partial charge in [0.2, 0.25) is 5.78 Å². The molecule has 1 N–H and O–H groups in total. The largest absolute Gasteiger partial charge is 0.459 e. The minimum Gasteiger partial charge on any atom is -0.459 e. The van der Waals surface area contributed by atoms with Gasteiger partial charge in [-0.3, -0.25) is 14.4 Å². The van der Waals surface area contributed by atoms with Crippen LogP contribution >= 0.6 is 0 Å². The Morgan fingerprint density at radius 2 is 1.84 bits per heavy atom. The number of benzene rings is 1. The second kappa shape index (κ2) is 9.90. The topological polar surface area (TPSA) is 99.8 Å². The SMILES string of the molecule is Cc1cc(C(=O)COC(=O)CNC(=O)c2ccco2)c(C)n1-c1ccc(OC(F)F)cc1. The molecule has 0 saturated carbocycles. The van der Waals surface area contributed by atoms with Crippen LogP contribution in [0, 0.1) is 13.8 Å². The fourth-order valence-electron chi connectivity index (χ4n) is 3.14. The zero-order chi connectivity index (χ0) is 23.3. The van der Waals surface area contributed by atoms with Crippen LogP contribution in [0.25, 0.3) is 5.69 Å². The predicted octanol–water partition coefficient (Wildman–Crippen LogP) is 3.44. The second-order valence-corrected chi connectivity index (χ2v) is 6.74. The van der Waals surface area contributed by atoms with Gasteiger partial charge < -0.3 is 23.8 Å². The molecule has 0 unspecified atom stereocenters. The zero-order valence-electron chi connectivity index (χ0n) is 17.3. The number of alkyl halides is 2. The van der Waals surface area contributed by atoms with E-state index in [-0.39, 0.29) is 11.5 Å². The van der Waals surface area contributed by atoms with Crippen molar-refractivity contribution in [3.63, 3.8) is 0 Å². The maximum absolute atomic E-state index is 12.6. The number of Topliss-reactive ketones (excluding diaryl/α,β-unsaturated/α-hetero) is 1. The van der Waals surface area contributed by atoms with Gasteiger partial charge in [-0.25, -0.2) is 0 Å². The summed E-state index contributed by atoms with van der Waals surface area (Å²) in [5, 5.41) is 2.33. The van der Waals surface area contributed by atoms with Crippen molar-refractivity contribution in [2.24, 2.45) is 0 Å². The molecule has 168 valence electrons. The average molecular weight is 446 g/mol. The van der Waals surface area contributed by atoms with E-state index in [0.717, 1.165) is 5.69 Å². The van der Waals surface area contributed by atoms with Gasteiger partial charge in [-0.05, 0) is 56.3 Å². The van der Waals surface area contributed by atoms with Crippen molar-refractivity contribution in [2.45, 2.75) is 20.5 Å². The Labute approximate surface area is 181 Å². The number of esters is 1. The molecule has 10 heteroatoms. The van der Waals surface area contributed by atoms with E-state index in [1.54, 1.807) is 36.6 Å². The van der Waals surface area contributed by atoms with E-state index < -0.39 is 37.4 Å². The van der Waals surface area contributed by atoms with Crippen LogP contribution in [0.5, 0.6) is 5.75 Å². The van der Waals surface area contributed by atoms with E-state index in [4.69, 9.17) is 9.15 Å². The molecule has 0 aliphatic rings. The molecule has 0 atom stereocenters. The molecule has 2 heterocycles. The van der Waals surface area contributed by atoms with E-state index in [9.17, 15) is 23.2 Å². The molecule has 3 rings (SSSR count). The molecule has 0 fully saturated rings. The van der Waals surface area contributed by atoms with Crippen LogP contribution in [0.2, 0.25) is 0 Å². The van der Waals surface area contributed by atoms with Crippen molar-refractivity contribution < 1.29 is 37.1 Å². The number of hydrogen-bond acceptors (Lipinski definition) is 6. The number of aromatic nitrogens is 1. The molecule has 0 saturated heterocycles. The summed E-state index contributed by atoms with van der Waals surface area (Å²) in [6, 6.07) is 10.6. The number of aryl methyl sites for hydroxylation is 1. The summed E-state index contributed by atoms with van der Waals surface area (Å²) < 4.78 is 40.6. The van der Waals surface area contributed by atoms with Crippen LogP contribution in [-0.2, 0) is 9.53 Å². The summed E-state index contributed by atoms with van der Waals surface area (Å²) in [7, 11) is 0. The third kappa shape index (κ3) is 5.39. The molecule has 1 amide bonds. The predicted molar refractivity (Wildman–Crippen MR) is 108 cm³/mol. The van der Waals surface area contributed by atoms with E-state index >= 15 is 0 Å². The minimum atomic E-state index is -2.92. The van der Waals surface area contributed by atoms with E-state index in [2.05, 4.69) is 10.1 Å². The minimum absolute atomic E-state index is 0.0218. The zero-order valence-corrected chi connectivity index (χ0v) is 17.3. The van der Waals surface area contributed by atoms with Gasteiger partial charge in [0.15, 0.2) is 12.4 Å². The highest BCUT2D eigenvalue weighted by atomic mass is 19.3. The van der Waals surface area contributed by atoms with Crippen LogP contribution in [0.3, 0.4) is 0 Å². The Balaban J connectivity index is 1.60. The molecule has 3 aromatic rings. The lowest BCUT2D eigenvalue weighted by Gasteiger charge is -2.11. The molecular weight excluding hydrogens is 426 g/mol. The quantitative estimate of drug-likeness (QED) is 0.399. The highest BCUT2D eigenvalue weighted by Gasteiger charge is 2.19. The highest BCUT2D eigenvalue weighted by molar-refractivity contribution is 5.99. The molecule has 8 nitrogen and oxygen atoms in total. The van der Waals surface area contributed by atoms with E-state index in [0.29, 0.717) is 16.9 Å². The van der Waals surface area contributed by atoms with Gasteiger partial charge in [-0.1, -0.05) is 0 Å². The van der Waals surface area contributed by atoms with Crippen LogP contribution in [0.15, 0.2) is 53.1 Å². The van der Waals surface area contributed by atoms with Crippen LogP contribution in [0.1, 0.15) is 32.3 Å². The van der Waals surface area contributed by atoms with Crippen molar-refractivity contribution in [2.75, 3.05) is 13.2 Å². The average Bonchev–Trinajstić information content (AvgIpc) is 3.39. The van der Waals surface area contributed by atoms with Crippen LogP contribution in [-0.4, -0.2) is 42.0 Å². The molecule has 0 aliphatic carbocycles. The monoisotopic (exact) mass is 446 g/mol. The summed E-state index contributed by atoms with van der Waals surface area (Å²) >= 11 is 0. The van der Waals surface area contributed by atoms with Crippen molar-refractivity contribution in [3.8, 4) is 11.4 Å². The number of ether oxygens (including phenoxy) is 2. The first-order valence-corrected chi connectivity index (χ1v) is 9.51. The lowest BCUT2D eigenvalue weighted by atomic mass is 10.1. The first-order valence-electron chi connectivity index (χ1n) is 9.51. The second-order valence-electron chi connectivity index (χ2n) is 6.74. The maximum Gasteiger partial charge on any atom is 0.387 e. The maximum atomic E-state index is 12.6. The molecule has 0 spiro atoms. The number of amides is 1. The molecule has 1 aromatic carbocycles. The number of furan rings is 1. The Kier molecular flexibility index (Phi) is 7.04. The summed E-state index contributed by atoms with van der Waals surface area (Å²) in [5.74, 6) is -1.70. The number of nitrogens with zero attached hydrogens (tertiary/aromatic N) is 1. The van der Waals surface area contributed by atoms with Gasteiger partial charge in [0.1, 0.15) is 12.3 Å². The van der Waals surface area contributed by atoms with Crippen molar-refractivity contribution in [3.05, 3.63) is 71.4 Å². The van der Waals surface area contributed by atoms with Crippen molar-refractivity contribution >= 4 is 17.7 Å². The molecule has 2 aromatic heterocycles. The third-order valence-corrected chi connectivity index (χ3v) is 4.55. The summed E-state index contributed by atoms with van der Waals surface area (Å²) in [6.07, 6.45) is 1.33. The first-order chi connectivity index (χ1) is 15.3. The smallest absolute Gasteiger partial charge is 0.387 e. The summed E-state index contributed by atoms with van der Waals surface area (Å²) in [4.78, 5) is 36.2. The van der Waals surface area contributed by atoms with Crippen molar-refractivity contribution in [1.82, 2.24) is 9.88 Å². The molecule has 0 bridgehead atoms. The molecular formula is C22H20F2N2O6. The van der Waals surface area contributed by atoms with Gasteiger partial charge in [0.25, 0.3) is 5.91 Å². The molecule has 0 radical (unpaired) electrons. The van der Waals surface area contributed by atoms with Gasteiger partial charge >= 0.3 is 12.6 Å². The first kappa shape index (κ1) is 22.7. The van der Waals surface area contributed by atoms with E-state index in [1.807, 2.05) is 0 Å². The number of rotatable bonds is 9. The Bertz CT molecular complexity index is 1100. The van der Waals surface area contributed by atoms with Gasteiger partial charge in [0, 0.05) is 22.6 Å². The lowest BCUT2D eigenvalue weighted by Crippen LogP contribution is -2.31. The number of carbonyl (C=O) groups excluding carboxylic acids is 3. The number of nitrogens with one attached hydrogen (secondary N) is 1. The summed E-state index contributed by atoms with van der Waals surface area (Å²) in [5.41, 5.74) is 2.32. The normalized spacial score (nSPS) is 10.8. The molecule has 32 heavy (non-hydrogen) atoms. The highest BCUT2D eigenvalue weighted by Crippen LogP contribution is 2.24. The number of hydrogen-bond donors (Lipinski definition) is 1. The fraction of sp³-hybridized carbons (Fsp3) is 0.227. The van der Waals surface area contributed by atoms with Crippen LogP contribution < -0.4 is 10.1 Å². The third-order valence-electron chi connectivity index (χ3n) is 4.55. The fourth-order valence-corrected chi connectivity index (χ4v) is 3.14. The van der Waals surface area contributed by atoms with E-state index in [1.165, 1.54) is 30.5 Å². The Hall–Kier alpha value is -3.95. The lowest BCUT2D eigenvalue weighted by molar-refractivity contribution is -0.141. The number of halogens is 2. The molecule has 0 aliphatic heterocycles. The van der Waals surface area contributed by atoms with Gasteiger partial charge in [-0.15, -0.1) is 0 Å². The van der Waals surface area contributed by atoms with Crippen molar-refractivity contribution in [1.29, 1.82) is 0 Å². The van der Waals surface area contributed by atoms with Crippen LogP contribution in [0.4, 0.5) is 8.78 Å². The standard InChI is InChI=1S/C22H20F2N2O6/c1-13-10-17(14(2)26(13)15-5-7-16(8-6-15)32-22(23)24)18(27)12-31-20(28)11-25-21(29)19-4-3-9-30-19/h3-10,22H,11-12H2,1-2H3,(H,25,29). The summed E-state index contributed by atoms with van der Waals surface area (Å²) in [6.45, 7) is -0.334.